The maximum absolute atomic E-state index is 14.2. The van der Waals surface area contributed by atoms with E-state index in [1.807, 2.05) is 20.8 Å². The quantitative estimate of drug-likeness (QED) is 0.580. The van der Waals surface area contributed by atoms with Crippen molar-refractivity contribution >= 4 is 29.5 Å². The molecule has 188 valence electrons. The lowest BCUT2D eigenvalue weighted by Gasteiger charge is -2.37. The predicted octanol–water partition coefficient (Wildman–Crippen LogP) is 5.53. The lowest BCUT2D eigenvalue weighted by atomic mass is 9.98. The molecule has 0 unspecified atom stereocenters. The lowest BCUT2D eigenvalue weighted by Crippen LogP contribution is -2.51. The minimum atomic E-state index is -0.734. The number of halogens is 2. The van der Waals surface area contributed by atoms with Crippen molar-refractivity contribution < 1.29 is 23.5 Å². The molecule has 2 atom stereocenters. The standard InChI is InChI=1S/C26H31ClFN3O4/c1-26(2,3)35-24(32)30(20-11-13-29-14-12-20)16-22-23(17-5-4-6-19(28)15-17)31(25(33)34-22)21-9-7-18(27)8-10-21/h4-10,15,20,22-23,29H,11-14,16H2,1-3H3/t22-,23-/m0/s1. The summed E-state index contributed by atoms with van der Waals surface area (Å²) in [6, 6.07) is 12.2. The van der Waals surface area contributed by atoms with Crippen LogP contribution >= 0.6 is 11.6 Å². The second kappa shape index (κ2) is 10.4. The van der Waals surface area contributed by atoms with E-state index in [0.29, 0.717) is 16.3 Å². The first-order valence-electron chi connectivity index (χ1n) is 11.8. The second-order valence-corrected chi connectivity index (χ2v) is 10.3. The SMILES string of the molecule is CC(C)(C)OC(=O)N(C[C@@H]1OC(=O)N(c2ccc(Cl)cc2)[C@H]1c1cccc(F)c1)C1CCNCC1. The highest BCUT2D eigenvalue weighted by molar-refractivity contribution is 6.30. The van der Waals surface area contributed by atoms with E-state index in [0.717, 1.165) is 25.9 Å². The average molecular weight is 504 g/mol. The Morgan fingerprint density at radius 1 is 1.20 bits per heavy atom. The molecular formula is C26H31ClFN3O4. The summed E-state index contributed by atoms with van der Waals surface area (Å²) in [6.45, 7) is 7.13. The van der Waals surface area contributed by atoms with E-state index in [4.69, 9.17) is 21.1 Å². The number of ether oxygens (including phenoxy) is 2. The first-order valence-corrected chi connectivity index (χ1v) is 12.2. The van der Waals surface area contributed by atoms with Gasteiger partial charge in [0.05, 0.1) is 6.54 Å². The molecule has 0 aromatic heterocycles. The van der Waals surface area contributed by atoms with Crippen molar-refractivity contribution in [1.82, 2.24) is 10.2 Å². The van der Waals surface area contributed by atoms with Gasteiger partial charge in [0.1, 0.15) is 23.6 Å². The van der Waals surface area contributed by atoms with Gasteiger partial charge in [-0.05, 0) is 88.7 Å². The zero-order valence-corrected chi connectivity index (χ0v) is 20.9. The number of hydrogen-bond acceptors (Lipinski definition) is 5. The van der Waals surface area contributed by atoms with Crippen LogP contribution in [0.3, 0.4) is 0 Å². The molecule has 0 bridgehead atoms. The van der Waals surface area contributed by atoms with E-state index in [1.54, 1.807) is 41.3 Å². The monoisotopic (exact) mass is 503 g/mol. The summed E-state index contributed by atoms with van der Waals surface area (Å²) in [5.41, 5.74) is 0.471. The van der Waals surface area contributed by atoms with E-state index in [-0.39, 0.29) is 12.6 Å². The number of benzene rings is 2. The van der Waals surface area contributed by atoms with Crippen LogP contribution in [0.25, 0.3) is 0 Å². The van der Waals surface area contributed by atoms with Gasteiger partial charge in [-0.25, -0.2) is 14.0 Å². The maximum atomic E-state index is 14.2. The first kappa shape index (κ1) is 25.3. The van der Waals surface area contributed by atoms with Gasteiger partial charge in [0.2, 0.25) is 0 Å². The number of nitrogens with zero attached hydrogens (tertiary/aromatic N) is 2. The number of hydrogen-bond donors (Lipinski definition) is 1. The van der Waals surface area contributed by atoms with E-state index >= 15 is 0 Å². The smallest absolute Gasteiger partial charge is 0.415 e. The molecule has 7 nitrogen and oxygen atoms in total. The van der Waals surface area contributed by atoms with Crippen LogP contribution in [0.5, 0.6) is 0 Å². The Hall–Kier alpha value is -2.84. The summed E-state index contributed by atoms with van der Waals surface area (Å²) in [7, 11) is 0. The van der Waals surface area contributed by atoms with E-state index < -0.39 is 35.8 Å². The summed E-state index contributed by atoms with van der Waals surface area (Å²) in [4.78, 5) is 29.6. The number of rotatable bonds is 5. The second-order valence-electron chi connectivity index (χ2n) is 9.88. The highest BCUT2D eigenvalue weighted by atomic mass is 35.5. The third-order valence-corrected chi connectivity index (χ3v) is 6.38. The van der Waals surface area contributed by atoms with Crippen LogP contribution in [-0.2, 0) is 9.47 Å². The number of carbonyl (C=O) groups excluding carboxylic acids is 2. The Morgan fingerprint density at radius 2 is 1.89 bits per heavy atom. The number of anilines is 1. The Morgan fingerprint density at radius 3 is 2.51 bits per heavy atom. The summed E-state index contributed by atoms with van der Waals surface area (Å²) in [5, 5.41) is 3.84. The fraction of sp³-hybridized carbons (Fsp3) is 0.462. The normalized spacial score (nSPS) is 21.1. The number of cyclic esters (lactones) is 1. The van der Waals surface area contributed by atoms with Crippen molar-refractivity contribution in [3.05, 3.63) is 64.9 Å². The Balaban J connectivity index is 1.69. The maximum Gasteiger partial charge on any atom is 0.415 e. The fourth-order valence-corrected chi connectivity index (χ4v) is 4.72. The van der Waals surface area contributed by atoms with Gasteiger partial charge in [-0.1, -0.05) is 23.7 Å². The van der Waals surface area contributed by atoms with Gasteiger partial charge in [-0.3, -0.25) is 4.90 Å². The van der Waals surface area contributed by atoms with E-state index in [2.05, 4.69) is 5.32 Å². The molecule has 2 aliphatic heterocycles. The van der Waals surface area contributed by atoms with Crippen molar-refractivity contribution in [2.45, 2.75) is 57.4 Å². The summed E-state index contributed by atoms with van der Waals surface area (Å²) < 4.78 is 25.8. The van der Waals surface area contributed by atoms with Crippen LogP contribution < -0.4 is 10.2 Å². The van der Waals surface area contributed by atoms with Crippen LogP contribution in [-0.4, -0.2) is 54.5 Å². The van der Waals surface area contributed by atoms with Crippen LogP contribution in [0.15, 0.2) is 48.5 Å². The Kier molecular flexibility index (Phi) is 7.52. The third kappa shape index (κ3) is 6.05. The van der Waals surface area contributed by atoms with Gasteiger partial charge in [-0.15, -0.1) is 0 Å². The van der Waals surface area contributed by atoms with Gasteiger partial charge >= 0.3 is 12.2 Å². The van der Waals surface area contributed by atoms with Crippen LogP contribution in [0.2, 0.25) is 5.02 Å². The van der Waals surface area contributed by atoms with Crippen molar-refractivity contribution in [2.24, 2.45) is 0 Å². The highest BCUT2D eigenvalue weighted by Gasteiger charge is 2.46. The number of amides is 2. The van der Waals surface area contributed by atoms with Crippen molar-refractivity contribution in [1.29, 1.82) is 0 Å². The molecule has 2 aliphatic rings. The molecule has 2 saturated heterocycles. The molecule has 4 rings (SSSR count). The molecular weight excluding hydrogens is 473 g/mol. The minimum Gasteiger partial charge on any atom is -0.444 e. The van der Waals surface area contributed by atoms with Gasteiger partial charge in [0.25, 0.3) is 0 Å². The highest BCUT2D eigenvalue weighted by Crippen LogP contribution is 2.39. The van der Waals surface area contributed by atoms with Gasteiger partial charge < -0.3 is 19.7 Å². The molecule has 1 N–H and O–H groups in total. The molecule has 0 aliphatic carbocycles. The zero-order chi connectivity index (χ0) is 25.2. The molecule has 2 aromatic rings. The van der Waals surface area contributed by atoms with E-state index in [1.165, 1.54) is 17.0 Å². The van der Waals surface area contributed by atoms with E-state index in [9.17, 15) is 14.0 Å². The Bertz CT molecular complexity index is 1050. The van der Waals surface area contributed by atoms with Crippen molar-refractivity contribution in [3.63, 3.8) is 0 Å². The molecule has 9 heteroatoms. The Labute approximate surface area is 210 Å². The summed E-state index contributed by atoms with van der Waals surface area (Å²) >= 11 is 6.05. The molecule has 2 fully saturated rings. The number of carbonyl (C=O) groups is 2. The molecule has 35 heavy (non-hydrogen) atoms. The topological polar surface area (TPSA) is 71.1 Å². The van der Waals surface area contributed by atoms with Gasteiger partial charge in [0.15, 0.2) is 0 Å². The van der Waals surface area contributed by atoms with Crippen molar-refractivity contribution in [2.75, 3.05) is 24.5 Å². The zero-order valence-electron chi connectivity index (χ0n) is 20.2. The van der Waals surface area contributed by atoms with Crippen molar-refractivity contribution in [3.8, 4) is 0 Å². The minimum absolute atomic E-state index is 0.0671. The van der Waals surface area contributed by atoms with Crippen LogP contribution in [0.1, 0.15) is 45.2 Å². The third-order valence-electron chi connectivity index (χ3n) is 6.13. The fourth-order valence-electron chi connectivity index (χ4n) is 4.60. The van der Waals surface area contributed by atoms with Crippen LogP contribution in [0, 0.1) is 5.82 Å². The number of piperidine rings is 1. The molecule has 2 heterocycles. The first-order chi connectivity index (χ1) is 16.6. The number of nitrogens with one attached hydrogen (secondary N) is 1. The summed E-state index contributed by atoms with van der Waals surface area (Å²) in [6.07, 6.45) is -0.247. The molecule has 2 amide bonds. The largest absolute Gasteiger partial charge is 0.444 e. The molecule has 0 saturated carbocycles. The lowest BCUT2D eigenvalue weighted by molar-refractivity contribution is 0.000344. The summed E-state index contributed by atoms with van der Waals surface area (Å²) in [5.74, 6) is -0.418. The molecule has 2 aromatic carbocycles. The van der Waals surface area contributed by atoms with Gasteiger partial charge in [0, 0.05) is 16.8 Å². The molecule has 0 radical (unpaired) electrons. The average Bonchev–Trinajstić information content (AvgIpc) is 3.13. The van der Waals surface area contributed by atoms with Crippen LogP contribution in [0.4, 0.5) is 19.7 Å². The van der Waals surface area contributed by atoms with Gasteiger partial charge in [-0.2, -0.15) is 0 Å². The predicted molar refractivity (Wildman–Crippen MR) is 132 cm³/mol. The molecule has 0 spiro atoms.